The van der Waals surface area contributed by atoms with Gasteiger partial charge >= 0.3 is 5.97 Å². The van der Waals surface area contributed by atoms with E-state index in [9.17, 15) is 23.1 Å². The molecule has 0 spiro atoms. The van der Waals surface area contributed by atoms with E-state index < -0.39 is 27.3 Å². The van der Waals surface area contributed by atoms with Crippen molar-refractivity contribution in [2.45, 2.75) is 36.5 Å². The molecule has 7 nitrogen and oxygen atoms in total. The average molecular weight is 421 g/mol. The van der Waals surface area contributed by atoms with E-state index in [0.29, 0.717) is 10.7 Å². The molecule has 0 bridgehead atoms. The molecule has 1 amide bonds. The van der Waals surface area contributed by atoms with Gasteiger partial charge in [-0.05, 0) is 18.1 Å². The van der Waals surface area contributed by atoms with Crippen molar-refractivity contribution in [2.24, 2.45) is 5.92 Å². The SMILES string of the molecule is CC(C)C1(C(=O)O)CC=C(c2csc(CS(=O)(=O)c3ccccc3)n2)C(=O)N1. The zero-order valence-corrected chi connectivity index (χ0v) is 17.0. The third kappa shape index (κ3) is 3.72. The summed E-state index contributed by atoms with van der Waals surface area (Å²) in [6, 6.07) is 8.10. The number of carbonyl (C=O) groups is 2. The van der Waals surface area contributed by atoms with Crippen molar-refractivity contribution in [1.29, 1.82) is 0 Å². The zero-order chi connectivity index (χ0) is 20.5. The van der Waals surface area contributed by atoms with Gasteiger partial charge in [0.15, 0.2) is 9.84 Å². The average Bonchev–Trinajstić information content (AvgIpc) is 3.09. The van der Waals surface area contributed by atoms with Crippen molar-refractivity contribution in [3.63, 3.8) is 0 Å². The molecule has 2 aromatic rings. The maximum Gasteiger partial charge on any atom is 0.330 e. The van der Waals surface area contributed by atoms with E-state index in [1.165, 1.54) is 12.1 Å². The Morgan fingerprint density at radius 2 is 2.00 bits per heavy atom. The molecule has 0 saturated heterocycles. The van der Waals surface area contributed by atoms with Gasteiger partial charge in [0.2, 0.25) is 0 Å². The summed E-state index contributed by atoms with van der Waals surface area (Å²) in [4.78, 5) is 28.7. The monoisotopic (exact) mass is 420 g/mol. The molecular formula is C19H20N2O5S2. The largest absolute Gasteiger partial charge is 0.479 e. The van der Waals surface area contributed by atoms with Crippen molar-refractivity contribution in [1.82, 2.24) is 10.3 Å². The molecule has 0 saturated carbocycles. The minimum Gasteiger partial charge on any atom is -0.479 e. The molecule has 0 aliphatic carbocycles. The van der Waals surface area contributed by atoms with Gasteiger partial charge in [-0.2, -0.15) is 0 Å². The second-order valence-corrected chi connectivity index (χ2v) is 9.84. The minimum atomic E-state index is -3.54. The summed E-state index contributed by atoms with van der Waals surface area (Å²) < 4.78 is 25.0. The molecular weight excluding hydrogens is 400 g/mol. The molecule has 3 rings (SSSR count). The van der Waals surface area contributed by atoms with Gasteiger partial charge in [-0.3, -0.25) is 4.79 Å². The van der Waals surface area contributed by atoms with E-state index in [1.807, 2.05) is 0 Å². The molecule has 0 fully saturated rings. The van der Waals surface area contributed by atoms with Gasteiger partial charge in [-0.1, -0.05) is 38.1 Å². The van der Waals surface area contributed by atoms with E-state index in [1.54, 1.807) is 43.5 Å². The summed E-state index contributed by atoms with van der Waals surface area (Å²) in [6.45, 7) is 3.48. The topological polar surface area (TPSA) is 113 Å². The van der Waals surface area contributed by atoms with E-state index >= 15 is 0 Å². The first-order valence-corrected chi connectivity index (χ1v) is 11.2. The van der Waals surface area contributed by atoms with Crippen molar-refractivity contribution < 1.29 is 23.1 Å². The van der Waals surface area contributed by atoms with E-state index in [4.69, 9.17) is 0 Å². The second kappa shape index (κ2) is 7.48. The molecule has 1 aliphatic rings. The third-order valence-electron chi connectivity index (χ3n) is 4.82. The Labute approximate surface area is 167 Å². The number of aliphatic carboxylic acids is 1. The fraction of sp³-hybridized carbons (Fsp3) is 0.316. The number of hydrogen-bond acceptors (Lipinski definition) is 6. The number of nitrogens with one attached hydrogen (secondary N) is 1. The summed E-state index contributed by atoms with van der Waals surface area (Å²) in [7, 11) is -3.54. The molecule has 9 heteroatoms. The number of nitrogens with zero attached hydrogens (tertiary/aromatic N) is 1. The quantitative estimate of drug-likeness (QED) is 0.742. The van der Waals surface area contributed by atoms with Crippen LogP contribution in [0.25, 0.3) is 5.57 Å². The second-order valence-electron chi connectivity index (χ2n) is 6.91. The first-order chi connectivity index (χ1) is 13.2. The van der Waals surface area contributed by atoms with Gasteiger partial charge < -0.3 is 10.4 Å². The molecule has 1 unspecified atom stereocenters. The van der Waals surface area contributed by atoms with Crippen molar-refractivity contribution in [3.8, 4) is 0 Å². The van der Waals surface area contributed by atoms with Crippen LogP contribution in [0.1, 0.15) is 31.0 Å². The number of sulfone groups is 1. The predicted octanol–water partition coefficient (Wildman–Crippen LogP) is 2.50. The van der Waals surface area contributed by atoms with Crippen LogP contribution in [0.3, 0.4) is 0 Å². The molecule has 1 aliphatic heterocycles. The van der Waals surface area contributed by atoms with E-state index in [2.05, 4.69) is 10.3 Å². The maximum absolute atomic E-state index is 12.5. The van der Waals surface area contributed by atoms with Crippen molar-refractivity contribution >= 4 is 38.6 Å². The number of carbonyl (C=O) groups excluding carboxylic acids is 1. The van der Waals surface area contributed by atoms with Gasteiger partial charge in [-0.15, -0.1) is 11.3 Å². The van der Waals surface area contributed by atoms with Crippen LogP contribution in [0.2, 0.25) is 0 Å². The summed E-state index contributed by atoms with van der Waals surface area (Å²) in [5, 5.41) is 14.1. The molecule has 0 radical (unpaired) electrons. The fourth-order valence-corrected chi connectivity index (χ4v) is 5.48. The zero-order valence-electron chi connectivity index (χ0n) is 15.4. The van der Waals surface area contributed by atoms with Crippen LogP contribution in [0.15, 0.2) is 46.7 Å². The van der Waals surface area contributed by atoms with Crippen LogP contribution in [-0.4, -0.2) is 35.9 Å². The normalized spacial score (nSPS) is 20.0. The molecule has 1 aromatic heterocycles. The van der Waals surface area contributed by atoms with Crippen LogP contribution in [-0.2, 0) is 25.2 Å². The van der Waals surface area contributed by atoms with Crippen molar-refractivity contribution in [2.75, 3.05) is 0 Å². The molecule has 28 heavy (non-hydrogen) atoms. The smallest absolute Gasteiger partial charge is 0.330 e. The van der Waals surface area contributed by atoms with Crippen molar-refractivity contribution in [3.05, 3.63) is 52.5 Å². The summed E-state index contributed by atoms with van der Waals surface area (Å²) in [5.74, 6) is -2.17. The standard InChI is InChI=1S/C19H20N2O5S2/c1-12(2)19(18(23)24)9-8-14(17(22)21-19)15-10-27-16(20-15)11-28(25,26)13-6-4-3-5-7-13/h3-8,10,12H,9,11H2,1-2H3,(H,21,22)(H,23,24). The fourth-order valence-electron chi connectivity index (χ4n) is 3.04. The van der Waals surface area contributed by atoms with Crippen LogP contribution >= 0.6 is 11.3 Å². The Kier molecular flexibility index (Phi) is 5.40. The van der Waals surface area contributed by atoms with Gasteiger partial charge in [0, 0.05) is 11.8 Å². The lowest BCUT2D eigenvalue weighted by molar-refractivity contribution is -0.149. The Balaban J connectivity index is 1.84. The van der Waals surface area contributed by atoms with E-state index in [0.717, 1.165) is 11.3 Å². The highest BCUT2D eigenvalue weighted by atomic mass is 32.2. The van der Waals surface area contributed by atoms with Gasteiger partial charge in [0.1, 0.15) is 16.3 Å². The van der Waals surface area contributed by atoms with Gasteiger partial charge in [0.05, 0.1) is 16.2 Å². The summed E-state index contributed by atoms with van der Waals surface area (Å²) >= 11 is 1.15. The number of rotatable bonds is 6. The number of carboxylic acids is 1. The van der Waals surface area contributed by atoms with Crippen LogP contribution in [0.4, 0.5) is 0 Å². The lowest BCUT2D eigenvalue weighted by Crippen LogP contribution is -2.59. The molecule has 1 atom stereocenters. The number of benzene rings is 1. The number of thiazole rings is 1. The molecule has 2 N–H and O–H groups in total. The summed E-state index contributed by atoms with van der Waals surface area (Å²) in [5.41, 5.74) is -0.739. The first kappa shape index (κ1) is 20.2. The number of amides is 1. The number of aromatic nitrogens is 1. The van der Waals surface area contributed by atoms with E-state index in [-0.39, 0.29) is 28.6 Å². The lowest BCUT2D eigenvalue weighted by Gasteiger charge is -2.36. The minimum absolute atomic E-state index is 0.135. The molecule has 148 valence electrons. The predicted molar refractivity (Wildman–Crippen MR) is 105 cm³/mol. The third-order valence-corrected chi connectivity index (χ3v) is 7.50. The first-order valence-electron chi connectivity index (χ1n) is 8.64. The number of carboxylic acid groups (broad SMARTS) is 1. The Morgan fingerprint density at radius 1 is 1.32 bits per heavy atom. The highest BCUT2D eigenvalue weighted by Gasteiger charge is 2.45. The lowest BCUT2D eigenvalue weighted by atomic mass is 9.80. The van der Waals surface area contributed by atoms with Crippen LogP contribution in [0, 0.1) is 5.92 Å². The molecule has 1 aromatic carbocycles. The Bertz CT molecular complexity index is 1040. The maximum atomic E-state index is 12.5. The van der Waals surface area contributed by atoms with Gasteiger partial charge in [0.25, 0.3) is 5.91 Å². The summed E-state index contributed by atoms with van der Waals surface area (Å²) in [6.07, 6.45) is 1.70. The van der Waals surface area contributed by atoms with Crippen LogP contribution < -0.4 is 5.32 Å². The molecule has 2 heterocycles. The number of hydrogen-bond donors (Lipinski definition) is 2. The highest BCUT2D eigenvalue weighted by molar-refractivity contribution is 7.90. The Morgan fingerprint density at radius 3 is 2.57 bits per heavy atom. The van der Waals surface area contributed by atoms with Crippen LogP contribution in [0.5, 0.6) is 0 Å². The van der Waals surface area contributed by atoms with Gasteiger partial charge in [-0.25, -0.2) is 18.2 Å². The Hall–Kier alpha value is -2.52. The highest BCUT2D eigenvalue weighted by Crippen LogP contribution is 2.31.